The minimum absolute atomic E-state index is 0. The van der Waals surface area contributed by atoms with E-state index >= 15 is 0 Å². The second-order valence-corrected chi connectivity index (χ2v) is 7.05. The van der Waals surface area contributed by atoms with Crippen molar-refractivity contribution in [2.75, 3.05) is 14.2 Å². The number of methoxy groups -OCH3 is 2. The van der Waals surface area contributed by atoms with Gasteiger partial charge in [0.25, 0.3) is 0 Å². The first-order chi connectivity index (χ1) is 15.8. The Morgan fingerprint density at radius 1 is 0.600 bits per heavy atom. The third-order valence-electron chi connectivity index (χ3n) is 5.19. The number of pyridine rings is 1. The Bertz CT molecular complexity index is 1250. The van der Waals surface area contributed by atoms with Crippen LogP contribution in [0.1, 0.15) is 0 Å². The molecule has 3 aromatic heterocycles. The number of rotatable bonds is 6. The van der Waals surface area contributed by atoms with E-state index in [1.165, 1.54) is 0 Å². The Labute approximate surface area is 226 Å². The van der Waals surface area contributed by atoms with Crippen LogP contribution in [0, 0.1) is 0 Å². The molecule has 0 saturated carbocycles. The van der Waals surface area contributed by atoms with Crippen molar-refractivity contribution in [3.8, 4) is 45.9 Å². The molecule has 3 heterocycles. The number of nitrogens with zero attached hydrogens (tertiary/aromatic N) is 5. The fraction of sp³-hybridized carbons (Fsp3) is 0.0800. The molecule has 35 heavy (non-hydrogen) atoms. The SMILES string of the molecule is COc1ccc(-n2ccnc2-c2cccc(-c3nccn3-c3ccc(OC)cc3)n2)cc1.[Cl-].[Cl-].[Fe+2]. The third-order valence-corrected chi connectivity index (χ3v) is 5.19. The fourth-order valence-corrected chi connectivity index (χ4v) is 3.57. The number of hydrogen-bond acceptors (Lipinski definition) is 5. The summed E-state index contributed by atoms with van der Waals surface area (Å²) in [5.74, 6) is 3.11. The molecule has 0 aliphatic carbocycles. The average Bonchev–Trinajstić information content (AvgIpc) is 3.54. The van der Waals surface area contributed by atoms with Gasteiger partial charge in [-0.15, -0.1) is 0 Å². The van der Waals surface area contributed by atoms with Gasteiger partial charge in [0.2, 0.25) is 0 Å². The summed E-state index contributed by atoms with van der Waals surface area (Å²) in [6.45, 7) is 0. The van der Waals surface area contributed by atoms with Gasteiger partial charge in [0.15, 0.2) is 11.6 Å². The Balaban J connectivity index is 0.00000144. The molecule has 0 spiro atoms. The zero-order valence-corrected chi connectivity index (χ0v) is 21.4. The van der Waals surface area contributed by atoms with E-state index in [9.17, 15) is 0 Å². The van der Waals surface area contributed by atoms with Gasteiger partial charge in [-0.05, 0) is 60.7 Å². The van der Waals surface area contributed by atoms with Gasteiger partial charge >= 0.3 is 17.1 Å². The van der Waals surface area contributed by atoms with Crippen LogP contribution >= 0.6 is 0 Å². The summed E-state index contributed by atoms with van der Waals surface area (Å²) in [6, 6.07) is 21.5. The van der Waals surface area contributed by atoms with Crippen molar-refractivity contribution in [3.63, 3.8) is 0 Å². The van der Waals surface area contributed by atoms with E-state index in [0.717, 1.165) is 45.9 Å². The topological polar surface area (TPSA) is 67.0 Å². The van der Waals surface area contributed by atoms with E-state index in [0.29, 0.717) is 0 Å². The van der Waals surface area contributed by atoms with Crippen LogP contribution in [0.25, 0.3) is 34.4 Å². The summed E-state index contributed by atoms with van der Waals surface area (Å²) in [5.41, 5.74) is 3.47. The molecule has 7 nitrogen and oxygen atoms in total. The van der Waals surface area contributed by atoms with Crippen LogP contribution in [0.4, 0.5) is 0 Å². The number of ether oxygens (including phenoxy) is 2. The zero-order chi connectivity index (χ0) is 21.9. The fourth-order valence-electron chi connectivity index (χ4n) is 3.57. The Morgan fingerprint density at radius 3 is 1.37 bits per heavy atom. The van der Waals surface area contributed by atoms with E-state index in [1.807, 2.05) is 88.3 Å². The molecule has 10 heteroatoms. The number of imidazole rings is 2. The second-order valence-electron chi connectivity index (χ2n) is 7.05. The average molecular weight is 550 g/mol. The number of benzene rings is 2. The molecule has 2 aromatic carbocycles. The number of halogens is 2. The van der Waals surface area contributed by atoms with Crippen LogP contribution in [-0.4, -0.2) is 38.3 Å². The molecule has 5 rings (SSSR count). The molecule has 0 saturated heterocycles. The van der Waals surface area contributed by atoms with Crippen LogP contribution in [0.15, 0.2) is 91.5 Å². The van der Waals surface area contributed by atoms with E-state index in [-0.39, 0.29) is 41.9 Å². The molecule has 0 aliphatic rings. The normalized spacial score (nSPS) is 9.89. The molecular formula is C25H21Cl2FeN5O2. The molecule has 5 aromatic rings. The predicted octanol–water partition coefficient (Wildman–Crippen LogP) is -1.19. The van der Waals surface area contributed by atoms with Crippen molar-refractivity contribution in [2.45, 2.75) is 0 Å². The molecule has 0 bridgehead atoms. The van der Waals surface area contributed by atoms with Crippen molar-refractivity contribution in [1.82, 2.24) is 24.1 Å². The van der Waals surface area contributed by atoms with Gasteiger partial charge in [0.1, 0.15) is 22.9 Å². The van der Waals surface area contributed by atoms with Crippen molar-refractivity contribution in [2.24, 2.45) is 0 Å². The van der Waals surface area contributed by atoms with E-state index in [1.54, 1.807) is 26.6 Å². The largest absolute Gasteiger partial charge is 2.00 e. The number of hydrogen-bond donors (Lipinski definition) is 0. The Morgan fingerprint density at radius 2 is 1.00 bits per heavy atom. The standard InChI is InChI=1S/C25H21N5O2.2ClH.Fe/c1-31-20-10-6-18(7-11-20)29-16-14-26-24(29)22-4-3-5-23(28-22)25-27-15-17-30(25)19-8-12-21(32-2)13-9-19;;;/h3-17H,1-2H3;2*1H;/q;;;+2/p-2. The zero-order valence-electron chi connectivity index (χ0n) is 18.8. The Kier molecular flexibility index (Phi) is 9.92. The molecule has 0 N–H and O–H groups in total. The smallest absolute Gasteiger partial charge is 1.00 e. The minimum Gasteiger partial charge on any atom is -1.00 e. The maximum absolute atomic E-state index is 5.27. The van der Waals surface area contributed by atoms with Crippen molar-refractivity contribution in [3.05, 3.63) is 91.5 Å². The van der Waals surface area contributed by atoms with Crippen LogP contribution in [0.2, 0.25) is 0 Å². The van der Waals surface area contributed by atoms with Crippen molar-refractivity contribution in [1.29, 1.82) is 0 Å². The van der Waals surface area contributed by atoms with Crippen molar-refractivity contribution >= 4 is 0 Å². The van der Waals surface area contributed by atoms with Gasteiger partial charge in [0, 0.05) is 36.2 Å². The predicted molar refractivity (Wildman–Crippen MR) is 122 cm³/mol. The van der Waals surface area contributed by atoms with Crippen LogP contribution in [0.3, 0.4) is 0 Å². The summed E-state index contributed by atoms with van der Waals surface area (Å²) in [7, 11) is 3.31. The molecule has 180 valence electrons. The van der Waals surface area contributed by atoms with Gasteiger partial charge in [-0.2, -0.15) is 0 Å². The van der Waals surface area contributed by atoms with Crippen LogP contribution in [-0.2, 0) is 17.1 Å². The maximum atomic E-state index is 5.27. The minimum atomic E-state index is 0. The summed E-state index contributed by atoms with van der Waals surface area (Å²) >= 11 is 0. The second kappa shape index (κ2) is 12.4. The van der Waals surface area contributed by atoms with Crippen molar-refractivity contribution < 1.29 is 51.4 Å². The monoisotopic (exact) mass is 549 g/mol. The van der Waals surface area contributed by atoms with Gasteiger partial charge in [-0.25, -0.2) is 15.0 Å². The third kappa shape index (κ3) is 5.69. The van der Waals surface area contributed by atoms with E-state index in [4.69, 9.17) is 14.5 Å². The van der Waals surface area contributed by atoms with Crippen LogP contribution in [0.5, 0.6) is 11.5 Å². The summed E-state index contributed by atoms with van der Waals surface area (Å²) in [5, 5.41) is 0. The molecule has 0 aliphatic heterocycles. The summed E-state index contributed by atoms with van der Waals surface area (Å²) in [4.78, 5) is 14.0. The molecule has 0 unspecified atom stereocenters. The van der Waals surface area contributed by atoms with Gasteiger partial charge in [0.05, 0.1) is 14.2 Å². The molecule has 0 fully saturated rings. The first-order valence-electron chi connectivity index (χ1n) is 10.1. The molecule has 0 radical (unpaired) electrons. The van der Waals surface area contributed by atoms with Gasteiger partial charge < -0.3 is 34.3 Å². The molecule has 0 atom stereocenters. The molecular weight excluding hydrogens is 529 g/mol. The summed E-state index contributed by atoms with van der Waals surface area (Å²) < 4.78 is 14.5. The van der Waals surface area contributed by atoms with Gasteiger partial charge in [-0.3, -0.25) is 9.13 Å². The maximum Gasteiger partial charge on any atom is 2.00 e. The first-order valence-corrected chi connectivity index (χ1v) is 10.1. The summed E-state index contributed by atoms with van der Waals surface area (Å²) in [6.07, 6.45) is 7.38. The molecule has 0 amide bonds. The quantitative estimate of drug-likeness (QED) is 0.249. The van der Waals surface area contributed by atoms with Gasteiger partial charge in [-0.1, -0.05) is 6.07 Å². The number of aromatic nitrogens is 5. The van der Waals surface area contributed by atoms with E-state index in [2.05, 4.69) is 9.97 Å². The van der Waals surface area contributed by atoms with E-state index < -0.39 is 0 Å². The first kappa shape index (κ1) is 28.0. The van der Waals surface area contributed by atoms with Crippen LogP contribution < -0.4 is 34.3 Å². The Hall–Kier alpha value is -3.29.